The fourth-order valence-electron chi connectivity index (χ4n) is 2.46. The van der Waals surface area contributed by atoms with Gasteiger partial charge in [0.1, 0.15) is 5.75 Å². The van der Waals surface area contributed by atoms with Crippen LogP contribution in [0.1, 0.15) is 32.3 Å². The van der Waals surface area contributed by atoms with E-state index in [1.165, 1.54) is 5.56 Å². The molecule has 4 heteroatoms. The average molecular weight is 346 g/mol. The van der Waals surface area contributed by atoms with E-state index in [0.717, 1.165) is 12.8 Å². The summed E-state index contributed by atoms with van der Waals surface area (Å²) >= 11 is 5.95. The van der Waals surface area contributed by atoms with Gasteiger partial charge < -0.3 is 10.1 Å². The Hall–Kier alpha value is -2.00. The van der Waals surface area contributed by atoms with E-state index in [0.29, 0.717) is 17.2 Å². The van der Waals surface area contributed by atoms with Crippen LogP contribution < -0.4 is 10.1 Å². The van der Waals surface area contributed by atoms with Gasteiger partial charge in [-0.3, -0.25) is 4.79 Å². The molecule has 0 fully saturated rings. The molecule has 0 saturated heterocycles. The number of amides is 1. The Morgan fingerprint density at radius 3 is 2.58 bits per heavy atom. The van der Waals surface area contributed by atoms with Crippen molar-refractivity contribution in [1.29, 1.82) is 0 Å². The number of ether oxygens (including phenoxy) is 1. The number of nitrogens with one attached hydrogen (secondary N) is 1. The number of halogens is 1. The molecule has 0 heterocycles. The van der Waals surface area contributed by atoms with Gasteiger partial charge in [0.15, 0.2) is 6.10 Å². The third kappa shape index (κ3) is 5.89. The first-order valence-electron chi connectivity index (χ1n) is 8.35. The van der Waals surface area contributed by atoms with Crippen molar-refractivity contribution in [1.82, 2.24) is 5.32 Å². The summed E-state index contributed by atoms with van der Waals surface area (Å²) in [5, 5.41) is 3.64. The van der Waals surface area contributed by atoms with Crippen LogP contribution in [0.2, 0.25) is 5.02 Å². The van der Waals surface area contributed by atoms with Gasteiger partial charge in [-0.25, -0.2) is 0 Å². The topological polar surface area (TPSA) is 38.3 Å². The highest BCUT2D eigenvalue weighted by Gasteiger charge is 2.20. The van der Waals surface area contributed by atoms with Crippen LogP contribution in [0.5, 0.6) is 5.75 Å². The van der Waals surface area contributed by atoms with Gasteiger partial charge in [0.2, 0.25) is 0 Å². The molecular formula is C20H24ClNO2. The lowest BCUT2D eigenvalue weighted by Gasteiger charge is -2.20. The Balaban J connectivity index is 1.84. The monoisotopic (exact) mass is 345 g/mol. The van der Waals surface area contributed by atoms with Crippen LogP contribution in [0.3, 0.4) is 0 Å². The third-order valence-electron chi connectivity index (χ3n) is 3.84. The predicted octanol–water partition coefficient (Wildman–Crippen LogP) is 4.63. The van der Waals surface area contributed by atoms with Crippen LogP contribution in [0.15, 0.2) is 54.6 Å². The first kappa shape index (κ1) is 18.3. The molecule has 0 aliphatic rings. The standard InChI is InChI=1S/C20H24ClNO2/c1-3-19(24-18-11-7-10-17(21)14-18)20(23)22-15(2)12-13-16-8-5-4-6-9-16/h4-11,14-15,19H,3,12-13H2,1-2H3,(H,22,23). The number of hydrogen-bond acceptors (Lipinski definition) is 2. The molecule has 1 N–H and O–H groups in total. The van der Waals surface area contributed by atoms with Gasteiger partial charge in [-0.15, -0.1) is 0 Å². The smallest absolute Gasteiger partial charge is 0.261 e. The summed E-state index contributed by atoms with van der Waals surface area (Å²) in [6.07, 6.45) is 1.92. The van der Waals surface area contributed by atoms with Gasteiger partial charge >= 0.3 is 0 Å². The second-order valence-corrected chi connectivity index (χ2v) is 6.34. The van der Waals surface area contributed by atoms with Gasteiger partial charge in [-0.1, -0.05) is 54.9 Å². The molecule has 1 amide bonds. The molecule has 0 radical (unpaired) electrons. The summed E-state index contributed by atoms with van der Waals surface area (Å²) in [4.78, 5) is 12.4. The number of carbonyl (C=O) groups excluding carboxylic acids is 1. The van der Waals surface area contributed by atoms with Crippen LogP contribution in [0.25, 0.3) is 0 Å². The molecule has 2 aromatic carbocycles. The molecule has 0 aliphatic carbocycles. The third-order valence-corrected chi connectivity index (χ3v) is 4.07. The second kappa shape index (κ2) is 9.33. The van der Waals surface area contributed by atoms with Crippen molar-refractivity contribution in [2.24, 2.45) is 0 Å². The summed E-state index contributed by atoms with van der Waals surface area (Å²) in [6, 6.07) is 17.5. The minimum atomic E-state index is -0.511. The lowest BCUT2D eigenvalue weighted by atomic mass is 10.1. The Kier molecular flexibility index (Phi) is 7.13. The number of aryl methyl sites for hydroxylation is 1. The zero-order chi connectivity index (χ0) is 17.4. The summed E-state index contributed by atoms with van der Waals surface area (Å²) < 4.78 is 5.77. The number of rotatable bonds is 8. The van der Waals surface area contributed by atoms with E-state index in [2.05, 4.69) is 17.4 Å². The van der Waals surface area contributed by atoms with Crippen LogP contribution in [0, 0.1) is 0 Å². The van der Waals surface area contributed by atoms with E-state index >= 15 is 0 Å². The van der Waals surface area contributed by atoms with Gasteiger partial charge in [-0.05, 0) is 49.9 Å². The van der Waals surface area contributed by atoms with E-state index in [4.69, 9.17) is 16.3 Å². The average Bonchev–Trinajstić information content (AvgIpc) is 2.58. The zero-order valence-electron chi connectivity index (χ0n) is 14.2. The predicted molar refractivity (Wildman–Crippen MR) is 98.5 cm³/mol. The van der Waals surface area contributed by atoms with Gasteiger partial charge in [-0.2, -0.15) is 0 Å². The molecule has 128 valence electrons. The minimum absolute atomic E-state index is 0.0852. The first-order chi connectivity index (χ1) is 11.6. The summed E-state index contributed by atoms with van der Waals surface area (Å²) in [5.41, 5.74) is 1.28. The number of benzene rings is 2. The van der Waals surface area contributed by atoms with Crippen molar-refractivity contribution >= 4 is 17.5 Å². The number of hydrogen-bond donors (Lipinski definition) is 1. The van der Waals surface area contributed by atoms with Gasteiger partial charge in [0.25, 0.3) is 5.91 Å². The van der Waals surface area contributed by atoms with Crippen molar-refractivity contribution in [2.45, 2.75) is 45.3 Å². The molecule has 24 heavy (non-hydrogen) atoms. The van der Waals surface area contributed by atoms with Gasteiger partial charge in [0, 0.05) is 11.1 Å². The molecule has 3 nitrogen and oxygen atoms in total. The van der Waals surface area contributed by atoms with E-state index in [1.807, 2.05) is 38.1 Å². The Morgan fingerprint density at radius 2 is 1.92 bits per heavy atom. The Labute approximate surface area is 149 Å². The van der Waals surface area contributed by atoms with Crippen molar-refractivity contribution in [3.05, 3.63) is 65.2 Å². The summed E-state index contributed by atoms with van der Waals surface area (Å²) in [6.45, 7) is 3.95. The zero-order valence-corrected chi connectivity index (χ0v) is 14.9. The molecule has 0 bridgehead atoms. The molecule has 0 aromatic heterocycles. The van der Waals surface area contributed by atoms with Crippen LogP contribution in [-0.2, 0) is 11.2 Å². The molecule has 0 spiro atoms. The first-order valence-corrected chi connectivity index (χ1v) is 8.72. The van der Waals surface area contributed by atoms with Crippen molar-refractivity contribution < 1.29 is 9.53 Å². The van der Waals surface area contributed by atoms with Crippen LogP contribution >= 0.6 is 11.6 Å². The fourth-order valence-corrected chi connectivity index (χ4v) is 2.64. The fraction of sp³-hybridized carbons (Fsp3) is 0.350. The number of carbonyl (C=O) groups is 1. The quantitative estimate of drug-likeness (QED) is 0.757. The van der Waals surface area contributed by atoms with Crippen LogP contribution in [-0.4, -0.2) is 18.1 Å². The Morgan fingerprint density at radius 1 is 1.17 bits per heavy atom. The lowest BCUT2D eigenvalue weighted by molar-refractivity contribution is -0.128. The normalized spacial score (nSPS) is 13.1. The van der Waals surface area contributed by atoms with Gasteiger partial charge in [0.05, 0.1) is 0 Å². The summed E-state index contributed by atoms with van der Waals surface area (Å²) in [5.74, 6) is 0.527. The highest BCUT2D eigenvalue weighted by atomic mass is 35.5. The molecule has 2 rings (SSSR count). The maximum Gasteiger partial charge on any atom is 0.261 e. The molecule has 2 unspecified atom stereocenters. The minimum Gasteiger partial charge on any atom is -0.481 e. The highest BCUT2D eigenvalue weighted by molar-refractivity contribution is 6.30. The van der Waals surface area contributed by atoms with Crippen molar-refractivity contribution in [2.75, 3.05) is 0 Å². The maximum atomic E-state index is 12.4. The van der Waals surface area contributed by atoms with Crippen LogP contribution in [0.4, 0.5) is 0 Å². The van der Waals surface area contributed by atoms with Crippen molar-refractivity contribution in [3.63, 3.8) is 0 Å². The molecule has 0 saturated carbocycles. The second-order valence-electron chi connectivity index (χ2n) is 5.91. The van der Waals surface area contributed by atoms with E-state index in [-0.39, 0.29) is 11.9 Å². The van der Waals surface area contributed by atoms with E-state index < -0.39 is 6.10 Å². The molecular weight excluding hydrogens is 322 g/mol. The lowest BCUT2D eigenvalue weighted by Crippen LogP contribution is -2.42. The largest absolute Gasteiger partial charge is 0.481 e. The van der Waals surface area contributed by atoms with E-state index in [9.17, 15) is 4.79 Å². The van der Waals surface area contributed by atoms with E-state index in [1.54, 1.807) is 18.2 Å². The SMILES string of the molecule is CCC(Oc1cccc(Cl)c1)C(=O)NC(C)CCc1ccccc1. The molecule has 2 aromatic rings. The highest BCUT2D eigenvalue weighted by Crippen LogP contribution is 2.19. The maximum absolute atomic E-state index is 12.4. The molecule has 0 aliphatic heterocycles. The Bertz CT molecular complexity index is 645. The summed E-state index contributed by atoms with van der Waals surface area (Å²) in [7, 11) is 0. The molecule has 2 atom stereocenters. The van der Waals surface area contributed by atoms with Crippen molar-refractivity contribution in [3.8, 4) is 5.75 Å².